The average Bonchev–Trinajstić information content (AvgIpc) is 2.31. The van der Waals surface area contributed by atoms with Crippen LogP contribution in [-0.4, -0.2) is 0 Å². The van der Waals surface area contributed by atoms with E-state index in [9.17, 15) is 4.39 Å². The Kier molecular flexibility index (Phi) is 3.64. The fourth-order valence-electron chi connectivity index (χ4n) is 1.53. The van der Waals surface area contributed by atoms with Crippen molar-refractivity contribution in [1.82, 2.24) is 0 Å². The van der Waals surface area contributed by atoms with Crippen LogP contribution in [0.25, 0.3) is 0 Å². The highest BCUT2D eigenvalue weighted by atomic mass is 35.5. The van der Waals surface area contributed by atoms with Crippen molar-refractivity contribution in [3.63, 3.8) is 0 Å². The Bertz CT molecular complexity index is 525. The zero-order valence-electron chi connectivity index (χ0n) is 9.41. The molecule has 0 amide bonds. The first-order valence-electron chi connectivity index (χ1n) is 5.29. The Balaban J connectivity index is 2.10. The standard InChI is InChI=1S/C14H12ClFO/c1-10-4-2-6-12(8-10)17-9-11-5-3-7-13(16)14(11)15/h2-8H,9H2,1H3. The zero-order chi connectivity index (χ0) is 12.3. The van der Waals surface area contributed by atoms with Crippen LogP contribution in [0.4, 0.5) is 4.39 Å². The Morgan fingerprint density at radius 2 is 1.94 bits per heavy atom. The molecule has 17 heavy (non-hydrogen) atoms. The summed E-state index contributed by atoms with van der Waals surface area (Å²) in [6.07, 6.45) is 0. The number of benzene rings is 2. The predicted octanol–water partition coefficient (Wildman–Crippen LogP) is 4.37. The Morgan fingerprint density at radius 3 is 2.71 bits per heavy atom. The molecule has 0 radical (unpaired) electrons. The van der Waals surface area contributed by atoms with E-state index in [2.05, 4.69) is 0 Å². The van der Waals surface area contributed by atoms with Gasteiger partial charge in [-0.1, -0.05) is 35.9 Å². The second-order valence-electron chi connectivity index (χ2n) is 3.82. The van der Waals surface area contributed by atoms with Crippen LogP contribution in [0.1, 0.15) is 11.1 Å². The molecule has 2 rings (SSSR count). The largest absolute Gasteiger partial charge is 0.489 e. The smallest absolute Gasteiger partial charge is 0.142 e. The van der Waals surface area contributed by atoms with Gasteiger partial charge in [-0.05, 0) is 30.7 Å². The summed E-state index contributed by atoms with van der Waals surface area (Å²) in [5.74, 6) is 0.335. The number of hydrogen-bond donors (Lipinski definition) is 0. The summed E-state index contributed by atoms with van der Waals surface area (Å²) in [6, 6.07) is 12.4. The Labute approximate surface area is 105 Å². The van der Waals surface area contributed by atoms with Crippen LogP contribution in [0.2, 0.25) is 5.02 Å². The monoisotopic (exact) mass is 250 g/mol. The van der Waals surface area contributed by atoms with Crippen molar-refractivity contribution in [2.24, 2.45) is 0 Å². The van der Waals surface area contributed by atoms with Crippen LogP contribution < -0.4 is 4.74 Å². The summed E-state index contributed by atoms with van der Waals surface area (Å²) >= 11 is 5.84. The van der Waals surface area contributed by atoms with Crippen molar-refractivity contribution < 1.29 is 9.13 Å². The fourth-order valence-corrected chi connectivity index (χ4v) is 1.71. The van der Waals surface area contributed by atoms with Crippen LogP contribution in [0.15, 0.2) is 42.5 Å². The van der Waals surface area contributed by atoms with Gasteiger partial charge in [0.1, 0.15) is 18.2 Å². The van der Waals surface area contributed by atoms with E-state index in [1.807, 2.05) is 31.2 Å². The molecule has 2 aromatic rings. The third-order valence-corrected chi connectivity index (χ3v) is 2.84. The summed E-state index contributed by atoms with van der Waals surface area (Å²) in [4.78, 5) is 0. The molecular formula is C14H12ClFO. The zero-order valence-corrected chi connectivity index (χ0v) is 10.2. The summed E-state index contributed by atoms with van der Waals surface area (Å²) in [5.41, 5.74) is 1.76. The lowest BCUT2D eigenvalue weighted by Gasteiger charge is -2.08. The first-order valence-corrected chi connectivity index (χ1v) is 5.67. The van der Waals surface area contributed by atoms with Gasteiger partial charge < -0.3 is 4.74 Å². The second kappa shape index (κ2) is 5.19. The third-order valence-electron chi connectivity index (χ3n) is 2.42. The molecule has 0 aliphatic carbocycles. The lowest BCUT2D eigenvalue weighted by molar-refractivity contribution is 0.305. The highest BCUT2D eigenvalue weighted by molar-refractivity contribution is 6.31. The van der Waals surface area contributed by atoms with E-state index in [0.29, 0.717) is 5.56 Å². The Hall–Kier alpha value is -1.54. The second-order valence-corrected chi connectivity index (χ2v) is 4.20. The van der Waals surface area contributed by atoms with E-state index < -0.39 is 5.82 Å². The van der Waals surface area contributed by atoms with Crippen molar-refractivity contribution in [2.45, 2.75) is 13.5 Å². The number of hydrogen-bond acceptors (Lipinski definition) is 1. The molecule has 0 heterocycles. The first kappa shape index (κ1) is 11.9. The van der Waals surface area contributed by atoms with Crippen LogP contribution in [0.5, 0.6) is 5.75 Å². The molecule has 88 valence electrons. The molecule has 0 bridgehead atoms. The number of aryl methyl sites for hydroxylation is 1. The van der Waals surface area contributed by atoms with Crippen molar-refractivity contribution in [2.75, 3.05) is 0 Å². The molecule has 1 nitrogen and oxygen atoms in total. The molecule has 0 N–H and O–H groups in total. The van der Waals surface area contributed by atoms with Crippen molar-refractivity contribution in [1.29, 1.82) is 0 Å². The summed E-state index contributed by atoms with van der Waals surface area (Å²) in [7, 11) is 0. The van der Waals surface area contributed by atoms with Gasteiger partial charge in [-0.3, -0.25) is 0 Å². The predicted molar refractivity (Wildman–Crippen MR) is 66.9 cm³/mol. The van der Waals surface area contributed by atoms with E-state index in [4.69, 9.17) is 16.3 Å². The third kappa shape index (κ3) is 2.98. The van der Waals surface area contributed by atoms with Gasteiger partial charge in [0.15, 0.2) is 0 Å². The minimum Gasteiger partial charge on any atom is -0.489 e. The quantitative estimate of drug-likeness (QED) is 0.786. The molecule has 0 saturated carbocycles. The summed E-state index contributed by atoms with van der Waals surface area (Å²) in [5, 5.41) is 0.125. The highest BCUT2D eigenvalue weighted by Gasteiger charge is 2.06. The molecule has 0 aromatic heterocycles. The van der Waals surface area contributed by atoms with Gasteiger partial charge in [0.25, 0.3) is 0 Å². The lowest BCUT2D eigenvalue weighted by Crippen LogP contribution is -1.97. The van der Waals surface area contributed by atoms with Gasteiger partial charge in [-0.2, -0.15) is 0 Å². The maximum absolute atomic E-state index is 13.2. The molecule has 0 fully saturated rings. The molecule has 0 atom stereocenters. The molecule has 3 heteroatoms. The van der Waals surface area contributed by atoms with Crippen LogP contribution in [0.3, 0.4) is 0 Å². The minimum absolute atomic E-state index is 0.125. The molecular weight excluding hydrogens is 239 g/mol. The fraction of sp³-hybridized carbons (Fsp3) is 0.143. The van der Waals surface area contributed by atoms with Gasteiger partial charge in [-0.15, -0.1) is 0 Å². The van der Waals surface area contributed by atoms with Crippen LogP contribution >= 0.6 is 11.6 Å². The van der Waals surface area contributed by atoms with E-state index in [-0.39, 0.29) is 11.6 Å². The molecule has 0 aliphatic heterocycles. The van der Waals surface area contributed by atoms with Gasteiger partial charge >= 0.3 is 0 Å². The minimum atomic E-state index is -0.419. The average molecular weight is 251 g/mol. The molecule has 0 aliphatic rings. The summed E-state index contributed by atoms with van der Waals surface area (Å²) < 4.78 is 18.7. The van der Waals surface area contributed by atoms with Gasteiger partial charge in [-0.25, -0.2) is 4.39 Å². The van der Waals surface area contributed by atoms with Crippen molar-refractivity contribution in [3.8, 4) is 5.75 Å². The van der Waals surface area contributed by atoms with Crippen molar-refractivity contribution in [3.05, 3.63) is 64.4 Å². The van der Waals surface area contributed by atoms with Gasteiger partial charge in [0.2, 0.25) is 0 Å². The van der Waals surface area contributed by atoms with E-state index in [1.54, 1.807) is 12.1 Å². The van der Waals surface area contributed by atoms with Gasteiger partial charge in [0, 0.05) is 5.56 Å². The highest BCUT2D eigenvalue weighted by Crippen LogP contribution is 2.21. The molecule has 0 saturated heterocycles. The number of halogens is 2. The number of rotatable bonds is 3. The molecule has 0 spiro atoms. The SMILES string of the molecule is Cc1cccc(OCc2cccc(F)c2Cl)c1. The van der Waals surface area contributed by atoms with Gasteiger partial charge in [0.05, 0.1) is 5.02 Å². The maximum atomic E-state index is 13.2. The van der Waals surface area contributed by atoms with E-state index in [1.165, 1.54) is 6.07 Å². The van der Waals surface area contributed by atoms with Crippen molar-refractivity contribution >= 4 is 11.6 Å². The van der Waals surface area contributed by atoms with E-state index in [0.717, 1.165) is 11.3 Å². The topological polar surface area (TPSA) is 9.23 Å². The van der Waals surface area contributed by atoms with Crippen LogP contribution in [0, 0.1) is 12.7 Å². The normalized spacial score (nSPS) is 10.3. The Morgan fingerprint density at radius 1 is 1.18 bits per heavy atom. The first-order chi connectivity index (χ1) is 8.16. The maximum Gasteiger partial charge on any atom is 0.142 e. The van der Waals surface area contributed by atoms with E-state index >= 15 is 0 Å². The van der Waals surface area contributed by atoms with Crippen LogP contribution in [-0.2, 0) is 6.61 Å². The number of ether oxygens (including phenoxy) is 1. The lowest BCUT2D eigenvalue weighted by atomic mass is 10.2. The molecule has 2 aromatic carbocycles. The summed E-state index contributed by atoms with van der Waals surface area (Å²) in [6.45, 7) is 2.25. The molecule has 0 unspecified atom stereocenters.